The monoisotopic (exact) mass is 241 g/mol. The average molecular weight is 241 g/mol. The zero-order valence-corrected chi connectivity index (χ0v) is 10.3. The Kier molecular flexibility index (Phi) is 2.63. The number of benzene rings is 1. The van der Waals surface area contributed by atoms with E-state index >= 15 is 0 Å². The molecule has 0 fully saturated rings. The number of carbonyl (C=O) groups is 1. The predicted molar refractivity (Wildman–Crippen MR) is 68.2 cm³/mol. The van der Waals surface area contributed by atoms with E-state index in [2.05, 4.69) is 28.4 Å². The van der Waals surface area contributed by atoms with E-state index in [1.807, 2.05) is 17.9 Å². The summed E-state index contributed by atoms with van der Waals surface area (Å²) in [7, 11) is 0. The van der Waals surface area contributed by atoms with Gasteiger partial charge in [0.25, 0.3) is 5.91 Å². The molecule has 2 aromatic rings. The van der Waals surface area contributed by atoms with E-state index < -0.39 is 0 Å². The quantitative estimate of drug-likeness (QED) is 0.829. The third-order valence-electron chi connectivity index (χ3n) is 3.46. The molecule has 0 atom stereocenters. The van der Waals surface area contributed by atoms with Crippen molar-refractivity contribution in [2.75, 3.05) is 6.54 Å². The van der Waals surface area contributed by atoms with Crippen molar-refractivity contribution >= 4 is 5.91 Å². The van der Waals surface area contributed by atoms with Gasteiger partial charge in [-0.3, -0.25) is 9.89 Å². The fourth-order valence-electron chi connectivity index (χ4n) is 2.39. The summed E-state index contributed by atoms with van der Waals surface area (Å²) in [4.78, 5) is 14.2. The molecule has 2 heterocycles. The Labute approximate surface area is 106 Å². The van der Waals surface area contributed by atoms with E-state index in [0.717, 1.165) is 18.5 Å². The van der Waals surface area contributed by atoms with Crippen LogP contribution in [0.5, 0.6) is 0 Å². The fraction of sp³-hybridized carbons (Fsp3) is 0.286. The van der Waals surface area contributed by atoms with Crippen LogP contribution in [0.4, 0.5) is 0 Å². The number of nitrogens with zero attached hydrogens (tertiary/aromatic N) is 2. The molecule has 1 aliphatic rings. The lowest BCUT2D eigenvalue weighted by molar-refractivity contribution is 0.0728. The molecule has 1 aromatic carbocycles. The second-order valence-electron chi connectivity index (χ2n) is 4.67. The van der Waals surface area contributed by atoms with Crippen molar-refractivity contribution in [2.24, 2.45) is 0 Å². The van der Waals surface area contributed by atoms with Gasteiger partial charge in [-0.25, -0.2) is 0 Å². The van der Waals surface area contributed by atoms with Crippen LogP contribution in [-0.2, 0) is 13.0 Å². The molecule has 4 heteroatoms. The van der Waals surface area contributed by atoms with Crippen LogP contribution in [0.3, 0.4) is 0 Å². The van der Waals surface area contributed by atoms with Gasteiger partial charge in [-0.15, -0.1) is 0 Å². The van der Waals surface area contributed by atoms with E-state index in [1.54, 1.807) is 6.20 Å². The SMILES string of the molecule is Cc1cn[nH]c1C(=O)N1CCc2ccccc2C1. The first-order valence-electron chi connectivity index (χ1n) is 6.12. The lowest BCUT2D eigenvalue weighted by Crippen LogP contribution is -2.36. The normalized spacial score (nSPS) is 14.4. The number of rotatable bonds is 1. The van der Waals surface area contributed by atoms with Crippen molar-refractivity contribution < 1.29 is 4.79 Å². The number of nitrogens with one attached hydrogen (secondary N) is 1. The van der Waals surface area contributed by atoms with Gasteiger partial charge in [0.15, 0.2) is 0 Å². The highest BCUT2D eigenvalue weighted by atomic mass is 16.2. The summed E-state index contributed by atoms with van der Waals surface area (Å²) in [5, 5.41) is 6.69. The summed E-state index contributed by atoms with van der Waals surface area (Å²) >= 11 is 0. The zero-order chi connectivity index (χ0) is 12.5. The second-order valence-corrected chi connectivity index (χ2v) is 4.67. The molecule has 92 valence electrons. The van der Waals surface area contributed by atoms with Crippen LogP contribution in [0.1, 0.15) is 27.2 Å². The van der Waals surface area contributed by atoms with Crippen molar-refractivity contribution in [3.05, 3.63) is 52.8 Å². The number of H-pyrrole nitrogens is 1. The van der Waals surface area contributed by atoms with Crippen LogP contribution < -0.4 is 0 Å². The Morgan fingerprint density at radius 2 is 2.11 bits per heavy atom. The van der Waals surface area contributed by atoms with Crippen LogP contribution in [0.2, 0.25) is 0 Å². The van der Waals surface area contributed by atoms with Crippen molar-refractivity contribution in [3.63, 3.8) is 0 Å². The van der Waals surface area contributed by atoms with E-state index in [-0.39, 0.29) is 5.91 Å². The molecule has 0 spiro atoms. The van der Waals surface area contributed by atoms with Gasteiger partial charge in [-0.1, -0.05) is 24.3 Å². The molecular formula is C14H15N3O. The maximum absolute atomic E-state index is 12.3. The fourth-order valence-corrected chi connectivity index (χ4v) is 2.39. The first-order chi connectivity index (χ1) is 8.75. The molecule has 1 aromatic heterocycles. The van der Waals surface area contributed by atoms with Gasteiger partial charge in [0.05, 0.1) is 6.20 Å². The van der Waals surface area contributed by atoms with Crippen molar-refractivity contribution in [2.45, 2.75) is 19.9 Å². The Hall–Kier alpha value is -2.10. The summed E-state index contributed by atoms with van der Waals surface area (Å²) in [5.41, 5.74) is 4.10. The second kappa shape index (κ2) is 4.29. The molecule has 0 saturated carbocycles. The van der Waals surface area contributed by atoms with Crippen LogP contribution in [0.15, 0.2) is 30.5 Å². The number of carbonyl (C=O) groups excluding carboxylic acids is 1. The standard InChI is InChI=1S/C14H15N3O/c1-10-8-15-16-13(10)14(18)17-7-6-11-4-2-3-5-12(11)9-17/h2-5,8H,6-7,9H2,1H3,(H,15,16). The minimum absolute atomic E-state index is 0.0412. The van der Waals surface area contributed by atoms with E-state index in [4.69, 9.17) is 0 Å². The van der Waals surface area contributed by atoms with Gasteiger partial charge in [-0.2, -0.15) is 5.10 Å². The zero-order valence-electron chi connectivity index (χ0n) is 10.3. The average Bonchev–Trinajstić information content (AvgIpc) is 2.83. The molecular weight excluding hydrogens is 226 g/mol. The number of fused-ring (bicyclic) bond motifs is 1. The lowest BCUT2D eigenvalue weighted by Gasteiger charge is -2.28. The van der Waals surface area contributed by atoms with Gasteiger partial charge in [0, 0.05) is 13.1 Å². The van der Waals surface area contributed by atoms with Crippen LogP contribution in [0.25, 0.3) is 0 Å². The predicted octanol–water partition coefficient (Wildman–Crippen LogP) is 1.92. The van der Waals surface area contributed by atoms with Crippen LogP contribution >= 0.6 is 0 Å². The van der Waals surface area contributed by atoms with Gasteiger partial charge < -0.3 is 4.90 Å². The summed E-state index contributed by atoms with van der Waals surface area (Å²) in [5.74, 6) is 0.0412. The summed E-state index contributed by atoms with van der Waals surface area (Å²) in [6.07, 6.45) is 2.61. The topological polar surface area (TPSA) is 49.0 Å². The first-order valence-corrected chi connectivity index (χ1v) is 6.12. The maximum atomic E-state index is 12.3. The first kappa shape index (κ1) is 11.0. The van der Waals surface area contributed by atoms with Gasteiger partial charge >= 0.3 is 0 Å². The molecule has 1 aliphatic heterocycles. The smallest absolute Gasteiger partial charge is 0.272 e. The largest absolute Gasteiger partial charge is 0.333 e. The minimum Gasteiger partial charge on any atom is -0.333 e. The van der Waals surface area contributed by atoms with Crippen LogP contribution in [0, 0.1) is 6.92 Å². The highest BCUT2D eigenvalue weighted by Crippen LogP contribution is 2.20. The van der Waals surface area contributed by atoms with Gasteiger partial charge in [0.2, 0.25) is 0 Å². The van der Waals surface area contributed by atoms with Gasteiger partial charge in [0.1, 0.15) is 5.69 Å². The van der Waals surface area contributed by atoms with E-state index in [9.17, 15) is 4.79 Å². The molecule has 0 unspecified atom stereocenters. The molecule has 1 N–H and O–H groups in total. The maximum Gasteiger partial charge on any atom is 0.272 e. The molecule has 0 aliphatic carbocycles. The van der Waals surface area contributed by atoms with E-state index in [1.165, 1.54) is 11.1 Å². The third kappa shape index (κ3) is 1.79. The summed E-state index contributed by atoms with van der Waals surface area (Å²) in [6.45, 7) is 3.36. The molecule has 4 nitrogen and oxygen atoms in total. The number of hydrogen-bond donors (Lipinski definition) is 1. The van der Waals surface area contributed by atoms with Gasteiger partial charge in [-0.05, 0) is 30.0 Å². The molecule has 1 amide bonds. The summed E-state index contributed by atoms with van der Waals surface area (Å²) < 4.78 is 0. The van der Waals surface area contributed by atoms with Crippen LogP contribution in [-0.4, -0.2) is 27.5 Å². The highest BCUT2D eigenvalue weighted by Gasteiger charge is 2.23. The Morgan fingerprint density at radius 3 is 2.83 bits per heavy atom. The number of aromatic amines is 1. The number of aryl methyl sites for hydroxylation is 1. The lowest BCUT2D eigenvalue weighted by atomic mass is 9.99. The Bertz CT molecular complexity index is 588. The summed E-state index contributed by atoms with van der Waals surface area (Å²) in [6, 6.07) is 8.30. The Balaban J connectivity index is 1.84. The minimum atomic E-state index is 0.0412. The van der Waals surface area contributed by atoms with Crippen molar-refractivity contribution in [3.8, 4) is 0 Å². The van der Waals surface area contributed by atoms with Crippen molar-refractivity contribution in [1.29, 1.82) is 0 Å². The Morgan fingerprint density at radius 1 is 1.33 bits per heavy atom. The van der Waals surface area contributed by atoms with Crippen molar-refractivity contribution in [1.82, 2.24) is 15.1 Å². The molecule has 0 radical (unpaired) electrons. The molecule has 3 rings (SSSR count). The molecule has 18 heavy (non-hydrogen) atoms. The number of hydrogen-bond acceptors (Lipinski definition) is 2. The molecule has 0 bridgehead atoms. The molecule has 0 saturated heterocycles. The number of amides is 1. The van der Waals surface area contributed by atoms with E-state index in [0.29, 0.717) is 12.2 Å². The number of aromatic nitrogens is 2. The highest BCUT2D eigenvalue weighted by molar-refractivity contribution is 5.93. The third-order valence-corrected chi connectivity index (χ3v) is 3.46.